The molecule has 0 saturated carbocycles. The molecule has 0 bridgehead atoms. The monoisotopic (exact) mass is 300 g/mol. The second kappa shape index (κ2) is 5.57. The maximum Gasteiger partial charge on any atom is 0.272 e. The van der Waals surface area contributed by atoms with Gasteiger partial charge in [0.2, 0.25) is 0 Å². The van der Waals surface area contributed by atoms with E-state index in [1.807, 2.05) is 41.3 Å². The highest BCUT2D eigenvalue weighted by Crippen LogP contribution is 2.21. The van der Waals surface area contributed by atoms with Crippen molar-refractivity contribution in [3.05, 3.63) is 46.3 Å². The minimum atomic E-state index is -0.175. The zero-order valence-corrected chi connectivity index (χ0v) is 12.5. The number of hydrogen-bond acceptors (Lipinski definition) is 4. The molecular weight excluding hydrogens is 284 g/mol. The average Bonchev–Trinajstić information content (AvgIpc) is 3.11. The van der Waals surface area contributed by atoms with E-state index in [2.05, 4.69) is 10.4 Å². The first kappa shape index (κ1) is 13.6. The van der Waals surface area contributed by atoms with Gasteiger partial charge in [0.05, 0.1) is 12.1 Å². The second-order valence-electron chi connectivity index (χ2n) is 4.70. The van der Waals surface area contributed by atoms with Crippen molar-refractivity contribution in [2.45, 2.75) is 20.0 Å². The Bertz CT molecular complexity index is 776. The second-order valence-corrected chi connectivity index (χ2v) is 5.74. The number of carbonyl (C=O) groups excluding carboxylic acids is 1. The van der Waals surface area contributed by atoms with Gasteiger partial charge in [-0.3, -0.25) is 9.48 Å². The highest BCUT2D eigenvalue weighted by Gasteiger charge is 2.16. The number of carbonyl (C=O) groups is 1. The molecule has 1 amide bonds. The minimum Gasteiger partial charge on any atom is -0.399 e. The van der Waals surface area contributed by atoms with Crippen LogP contribution in [0, 0.1) is 0 Å². The molecule has 21 heavy (non-hydrogen) atoms. The smallest absolute Gasteiger partial charge is 0.272 e. The van der Waals surface area contributed by atoms with Gasteiger partial charge in [0.25, 0.3) is 5.91 Å². The molecule has 3 aromatic rings. The molecule has 5 nitrogen and oxygen atoms in total. The van der Waals surface area contributed by atoms with Crippen LogP contribution in [0.1, 0.15) is 22.3 Å². The van der Waals surface area contributed by atoms with E-state index in [1.54, 1.807) is 17.4 Å². The third-order valence-corrected chi connectivity index (χ3v) is 4.17. The molecule has 0 aliphatic rings. The molecule has 2 aromatic heterocycles. The summed E-state index contributed by atoms with van der Waals surface area (Å²) < 4.78 is 1.81. The van der Waals surface area contributed by atoms with Crippen molar-refractivity contribution in [2.75, 3.05) is 5.73 Å². The highest BCUT2D eigenvalue weighted by atomic mass is 32.1. The molecule has 6 heteroatoms. The van der Waals surface area contributed by atoms with Crippen molar-refractivity contribution in [3.63, 3.8) is 0 Å². The Labute approximate surface area is 126 Å². The lowest BCUT2D eigenvalue weighted by Crippen LogP contribution is -2.23. The summed E-state index contributed by atoms with van der Waals surface area (Å²) in [6, 6.07) is 9.48. The fraction of sp³-hybridized carbons (Fsp3) is 0.200. The lowest BCUT2D eigenvalue weighted by molar-refractivity contribution is 0.0947. The van der Waals surface area contributed by atoms with Crippen molar-refractivity contribution < 1.29 is 4.79 Å². The van der Waals surface area contributed by atoms with Crippen molar-refractivity contribution in [1.29, 1.82) is 0 Å². The maximum absolute atomic E-state index is 12.4. The number of rotatable bonds is 4. The normalized spacial score (nSPS) is 10.9. The summed E-state index contributed by atoms with van der Waals surface area (Å²) >= 11 is 1.62. The highest BCUT2D eigenvalue weighted by molar-refractivity contribution is 7.09. The molecule has 3 N–H and O–H groups in total. The Morgan fingerprint density at radius 3 is 3.00 bits per heavy atom. The summed E-state index contributed by atoms with van der Waals surface area (Å²) in [5.41, 5.74) is 7.81. The maximum atomic E-state index is 12.4. The number of aryl methyl sites for hydroxylation is 1. The number of benzene rings is 1. The van der Waals surface area contributed by atoms with Crippen LogP contribution in [-0.4, -0.2) is 15.7 Å². The Hall–Kier alpha value is -2.34. The predicted molar refractivity (Wildman–Crippen MR) is 85.3 cm³/mol. The molecule has 0 aliphatic carbocycles. The number of nitrogens with zero attached hydrogens (tertiary/aromatic N) is 2. The number of nitrogens with two attached hydrogens (primary N) is 1. The number of hydrogen-bond donors (Lipinski definition) is 2. The molecule has 108 valence electrons. The van der Waals surface area contributed by atoms with Gasteiger partial charge in [-0.15, -0.1) is 11.3 Å². The van der Waals surface area contributed by atoms with E-state index in [0.29, 0.717) is 24.5 Å². The third kappa shape index (κ3) is 2.62. The fourth-order valence-corrected chi connectivity index (χ4v) is 2.91. The lowest BCUT2D eigenvalue weighted by atomic mass is 10.2. The minimum absolute atomic E-state index is 0.175. The predicted octanol–water partition coefficient (Wildman–Crippen LogP) is 2.63. The van der Waals surface area contributed by atoms with Gasteiger partial charge in [-0.1, -0.05) is 6.07 Å². The van der Waals surface area contributed by atoms with Gasteiger partial charge in [0.15, 0.2) is 5.69 Å². The van der Waals surface area contributed by atoms with E-state index < -0.39 is 0 Å². The first-order valence-corrected chi connectivity index (χ1v) is 7.63. The molecule has 0 fully saturated rings. The number of nitrogen functional groups attached to an aromatic ring is 1. The van der Waals surface area contributed by atoms with Crippen LogP contribution >= 0.6 is 11.3 Å². The third-order valence-electron chi connectivity index (χ3n) is 3.29. The van der Waals surface area contributed by atoms with E-state index in [1.165, 1.54) is 0 Å². The summed E-state index contributed by atoms with van der Waals surface area (Å²) in [6.07, 6.45) is 0. The van der Waals surface area contributed by atoms with Gasteiger partial charge in [-0.05, 0) is 36.6 Å². The summed E-state index contributed by atoms with van der Waals surface area (Å²) in [5.74, 6) is -0.175. The SMILES string of the molecule is CCn1nc(C(=O)NCc2cccs2)c2cc(N)ccc21. The van der Waals surface area contributed by atoms with Gasteiger partial charge < -0.3 is 11.1 Å². The molecule has 0 radical (unpaired) electrons. The summed E-state index contributed by atoms with van der Waals surface area (Å²) in [7, 11) is 0. The Morgan fingerprint density at radius 1 is 1.43 bits per heavy atom. The molecule has 0 aliphatic heterocycles. The van der Waals surface area contributed by atoms with Crippen LogP contribution in [0.3, 0.4) is 0 Å². The van der Waals surface area contributed by atoms with Gasteiger partial charge in [-0.25, -0.2) is 0 Å². The van der Waals surface area contributed by atoms with Gasteiger partial charge in [0.1, 0.15) is 0 Å². The van der Waals surface area contributed by atoms with E-state index in [4.69, 9.17) is 5.73 Å². The number of amides is 1. The lowest BCUT2D eigenvalue weighted by Gasteiger charge is -2.01. The number of fused-ring (bicyclic) bond motifs is 1. The molecule has 1 aromatic carbocycles. The zero-order chi connectivity index (χ0) is 14.8. The van der Waals surface area contributed by atoms with Crippen molar-refractivity contribution in [3.8, 4) is 0 Å². The summed E-state index contributed by atoms with van der Waals surface area (Å²) in [6.45, 7) is 3.22. The summed E-state index contributed by atoms with van der Waals surface area (Å²) in [5, 5.41) is 10.1. The topological polar surface area (TPSA) is 72.9 Å². The molecule has 0 saturated heterocycles. The molecule has 2 heterocycles. The van der Waals surface area contributed by atoms with E-state index in [0.717, 1.165) is 15.8 Å². The van der Waals surface area contributed by atoms with Crippen molar-refractivity contribution in [1.82, 2.24) is 15.1 Å². The number of thiophene rings is 1. The van der Waals surface area contributed by atoms with Crippen LogP contribution in [0.5, 0.6) is 0 Å². The quantitative estimate of drug-likeness (QED) is 0.727. The number of nitrogens with one attached hydrogen (secondary N) is 1. The molecule has 0 atom stereocenters. The van der Waals surface area contributed by atoms with Gasteiger partial charge >= 0.3 is 0 Å². The van der Waals surface area contributed by atoms with Crippen molar-refractivity contribution in [2.24, 2.45) is 0 Å². The van der Waals surface area contributed by atoms with E-state index in [-0.39, 0.29) is 5.91 Å². The molecule has 0 unspecified atom stereocenters. The van der Waals surface area contributed by atoms with E-state index in [9.17, 15) is 4.79 Å². The van der Waals surface area contributed by atoms with Crippen LogP contribution in [0.2, 0.25) is 0 Å². The van der Waals surface area contributed by atoms with Crippen molar-refractivity contribution >= 4 is 33.8 Å². The van der Waals surface area contributed by atoms with Crippen LogP contribution in [0.15, 0.2) is 35.7 Å². The zero-order valence-electron chi connectivity index (χ0n) is 11.7. The van der Waals surface area contributed by atoms with Crippen LogP contribution < -0.4 is 11.1 Å². The first-order chi connectivity index (χ1) is 10.2. The Morgan fingerprint density at radius 2 is 2.29 bits per heavy atom. The van der Waals surface area contributed by atoms with Crippen LogP contribution in [-0.2, 0) is 13.1 Å². The summed E-state index contributed by atoms with van der Waals surface area (Å²) in [4.78, 5) is 13.5. The molecule has 0 spiro atoms. The average molecular weight is 300 g/mol. The molecule has 3 rings (SSSR count). The first-order valence-electron chi connectivity index (χ1n) is 6.75. The van der Waals surface area contributed by atoms with Crippen LogP contribution in [0.25, 0.3) is 10.9 Å². The number of aromatic nitrogens is 2. The standard InChI is InChI=1S/C15H16N4OS/c1-2-19-13-6-5-10(16)8-12(13)14(18-19)15(20)17-9-11-4-3-7-21-11/h3-8H,2,9,16H2,1H3,(H,17,20). The van der Waals surface area contributed by atoms with Gasteiger partial charge in [-0.2, -0.15) is 5.10 Å². The van der Waals surface area contributed by atoms with Crippen LogP contribution in [0.4, 0.5) is 5.69 Å². The number of anilines is 1. The van der Waals surface area contributed by atoms with E-state index >= 15 is 0 Å². The van der Waals surface area contributed by atoms with Gasteiger partial charge in [0, 0.05) is 22.5 Å². The Balaban J connectivity index is 1.91. The molecular formula is C15H16N4OS. The fourth-order valence-electron chi connectivity index (χ4n) is 2.27. The largest absolute Gasteiger partial charge is 0.399 e. The Kier molecular flexibility index (Phi) is 3.62.